The molecule has 0 saturated carbocycles. The van der Waals surface area contributed by atoms with Gasteiger partial charge in [0.25, 0.3) is 5.91 Å². The van der Waals surface area contributed by atoms with Gasteiger partial charge in [0.1, 0.15) is 5.69 Å². The van der Waals surface area contributed by atoms with Crippen LogP contribution in [0, 0.1) is 6.92 Å². The zero-order chi connectivity index (χ0) is 18.1. The Morgan fingerprint density at radius 1 is 1.27 bits per heavy atom. The molecule has 1 aliphatic heterocycles. The smallest absolute Gasteiger partial charge is 0.272 e. The number of carbonyl (C=O) groups is 1. The summed E-state index contributed by atoms with van der Waals surface area (Å²) >= 11 is 0. The maximum atomic E-state index is 12.5. The van der Waals surface area contributed by atoms with Gasteiger partial charge in [-0.05, 0) is 38.0 Å². The van der Waals surface area contributed by atoms with E-state index in [0.29, 0.717) is 5.69 Å². The lowest BCUT2D eigenvalue weighted by atomic mass is 10.0. The summed E-state index contributed by atoms with van der Waals surface area (Å²) in [6.07, 6.45) is 3.89. The predicted octanol–water partition coefficient (Wildman–Crippen LogP) is 2.68. The molecule has 26 heavy (non-hydrogen) atoms. The molecular formula is C20H23N5O. The van der Waals surface area contributed by atoms with Crippen LogP contribution in [0.25, 0.3) is 10.9 Å². The van der Waals surface area contributed by atoms with Crippen molar-refractivity contribution in [1.29, 1.82) is 0 Å². The number of nitrogens with zero attached hydrogens (tertiary/aromatic N) is 4. The Bertz CT molecular complexity index is 924. The maximum Gasteiger partial charge on any atom is 0.272 e. The van der Waals surface area contributed by atoms with Crippen molar-refractivity contribution in [2.75, 3.05) is 18.0 Å². The van der Waals surface area contributed by atoms with Crippen LogP contribution in [-0.2, 0) is 7.05 Å². The van der Waals surface area contributed by atoms with Crippen LogP contribution in [0.5, 0.6) is 0 Å². The van der Waals surface area contributed by atoms with E-state index in [9.17, 15) is 4.79 Å². The summed E-state index contributed by atoms with van der Waals surface area (Å²) in [5, 5.41) is 8.58. The van der Waals surface area contributed by atoms with E-state index in [1.807, 2.05) is 44.4 Å². The lowest BCUT2D eigenvalue weighted by Crippen LogP contribution is -2.48. The number of benzene rings is 1. The summed E-state index contributed by atoms with van der Waals surface area (Å²) in [5.74, 6) is -0.0971. The van der Waals surface area contributed by atoms with Gasteiger partial charge in [0, 0.05) is 49.1 Å². The molecule has 0 aliphatic carbocycles. The summed E-state index contributed by atoms with van der Waals surface area (Å²) in [6.45, 7) is 3.73. The number of hydrogen-bond acceptors (Lipinski definition) is 4. The minimum Gasteiger partial charge on any atom is -0.369 e. The van der Waals surface area contributed by atoms with E-state index in [-0.39, 0.29) is 11.9 Å². The third kappa shape index (κ3) is 3.14. The van der Waals surface area contributed by atoms with E-state index in [0.717, 1.165) is 42.5 Å². The maximum absolute atomic E-state index is 12.5. The molecule has 1 atom stereocenters. The number of aromatic nitrogens is 3. The van der Waals surface area contributed by atoms with Crippen LogP contribution in [0.1, 0.15) is 29.0 Å². The van der Waals surface area contributed by atoms with Gasteiger partial charge in [-0.1, -0.05) is 18.2 Å². The fraction of sp³-hybridized carbons (Fsp3) is 0.350. The molecule has 3 heterocycles. The van der Waals surface area contributed by atoms with Gasteiger partial charge in [-0.15, -0.1) is 0 Å². The monoisotopic (exact) mass is 349 g/mol. The number of amides is 1. The van der Waals surface area contributed by atoms with E-state index in [2.05, 4.69) is 32.4 Å². The Hall–Kier alpha value is -2.89. The first-order chi connectivity index (χ1) is 12.6. The summed E-state index contributed by atoms with van der Waals surface area (Å²) in [7, 11) is 1.85. The average molecular weight is 349 g/mol. The molecule has 0 spiro atoms. The topological polar surface area (TPSA) is 63.1 Å². The highest BCUT2D eigenvalue weighted by atomic mass is 16.2. The molecule has 2 aromatic heterocycles. The zero-order valence-corrected chi connectivity index (χ0v) is 15.1. The Balaban J connectivity index is 1.51. The molecule has 6 nitrogen and oxygen atoms in total. The third-order valence-corrected chi connectivity index (χ3v) is 5.07. The van der Waals surface area contributed by atoms with Crippen molar-refractivity contribution in [2.24, 2.45) is 7.05 Å². The minimum atomic E-state index is -0.0971. The number of pyridine rings is 1. The number of aryl methyl sites for hydroxylation is 2. The van der Waals surface area contributed by atoms with Crippen LogP contribution in [0.4, 0.5) is 5.69 Å². The number of piperidine rings is 1. The largest absolute Gasteiger partial charge is 0.369 e. The van der Waals surface area contributed by atoms with Crippen LogP contribution in [-0.4, -0.2) is 39.8 Å². The first-order valence-electron chi connectivity index (χ1n) is 9.02. The van der Waals surface area contributed by atoms with Crippen LogP contribution < -0.4 is 10.2 Å². The number of anilines is 1. The second kappa shape index (κ2) is 6.78. The molecule has 6 heteroatoms. The number of para-hydroxylation sites is 1. The average Bonchev–Trinajstić information content (AvgIpc) is 3.00. The first-order valence-corrected chi connectivity index (χ1v) is 9.02. The van der Waals surface area contributed by atoms with Gasteiger partial charge in [-0.25, -0.2) is 0 Å². The number of carbonyl (C=O) groups excluding carboxylic acids is 1. The summed E-state index contributed by atoms with van der Waals surface area (Å²) in [6, 6.07) is 12.2. The number of fused-ring (bicyclic) bond motifs is 1. The molecule has 1 unspecified atom stereocenters. The molecule has 4 rings (SSSR count). The third-order valence-electron chi connectivity index (χ3n) is 5.07. The molecule has 1 aliphatic rings. The van der Waals surface area contributed by atoms with Gasteiger partial charge < -0.3 is 10.2 Å². The fourth-order valence-electron chi connectivity index (χ4n) is 3.60. The number of nitrogens with one attached hydrogen (secondary N) is 1. The van der Waals surface area contributed by atoms with E-state index < -0.39 is 0 Å². The molecule has 0 radical (unpaired) electrons. The van der Waals surface area contributed by atoms with Crippen LogP contribution >= 0.6 is 0 Å². The van der Waals surface area contributed by atoms with Crippen LogP contribution in [0.15, 0.2) is 42.6 Å². The van der Waals surface area contributed by atoms with Gasteiger partial charge in [-0.2, -0.15) is 5.10 Å². The summed E-state index contributed by atoms with van der Waals surface area (Å²) < 4.78 is 1.73. The van der Waals surface area contributed by atoms with Gasteiger partial charge in [0.05, 0.1) is 5.52 Å². The highest BCUT2D eigenvalue weighted by molar-refractivity contribution is 5.93. The number of hydrogen-bond donors (Lipinski definition) is 1. The van der Waals surface area contributed by atoms with E-state index in [1.165, 1.54) is 5.69 Å². The van der Waals surface area contributed by atoms with Crippen LogP contribution in [0.3, 0.4) is 0 Å². The van der Waals surface area contributed by atoms with Gasteiger partial charge in [0.15, 0.2) is 0 Å². The van der Waals surface area contributed by atoms with Crippen molar-refractivity contribution >= 4 is 22.5 Å². The summed E-state index contributed by atoms with van der Waals surface area (Å²) in [5.41, 5.74) is 3.64. The second-order valence-corrected chi connectivity index (χ2v) is 6.90. The molecule has 1 saturated heterocycles. The van der Waals surface area contributed by atoms with Gasteiger partial charge in [0.2, 0.25) is 0 Å². The Labute approximate surface area is 152 Å². The predicted molar refractivity (Wildman–Crippen MR) is 102 cm³/mol. The Kier molecular flexibility index (Phi) is 4.32. The van der Waals surface area contributed by atoms with Crippen LogP contribution in [0.2, 0.25) is 0 Å². The highest BCUT2D eigenvalue weighted by Gasteiger charge is 2.24. The van der Waals surface area contributed by atoms with Crippen molar-refractivity contribution in [1.82, 2.24) is 20.1 Å². The Morgan fingerprint density at radius 2 is 2.12 bits per heavy atom. The van der Waals surface area contributed by atoms with Gasteiger partial charge in [-0.3, -0.25) is 14.5 Å². The van der Waals surface area contributed by atoms with Crippen molar-refractivity contribution in [3.63, 3.8) is 0 Å². The van der Waals surface area contributed by atoms with Gasteiger partial charge >= 0.3 is 0 Å². The first kappa shape index (κ1) is 16.6. The van der Waals surface area contributed by atoms with Crippen molar-refractivity contribution in [2.45, 2.75) is 25.8 Å². The minimum absolute atomic E-state index is 0.0971. The molecular weight excluding hydrogens is 326 g/mol. The molecule has 3 aromatic rings. The van der Waals surface area contributed by atoms with E-state index in [4.69, 9.17) is 0 Å². The molecule has 134 valence electrons. The van der Waals surface area contributed by atoms with Crippen molar-refractivity contribution in [3.05, 3.63) is 54.0 Å². The zero-order valence-electron chi connectivity index (χ0n) is 15.1. The lowest BCUT2D eigenvalue weighted by Gasteiger charge is -2.35. The summed E-state index contributed by atoms with van der Waals surface area (Å²) in [4.78, 5) is 19.3. The SMILES string of the molecule is Cc1cc(C(=O)NC2CCCN(c3ccnc4ccccc34)C2)nn1C. The second-order valence-electron chi connectivity index (χ2n) is 6.90. The molecule has 1 N–H and O–H groups in total. The normalized spacial score (nSPS) is 17.5. The van der Waals surface area contributed by atoms with Crippen molar-refractivity contribution < 1.29 is 4.79 Å². The standard InChI is InChI=1S/C20H23N5O/c1-14-12-18(23-24(14)2)20(26)22-15-6-5-11-25(13-15)19-9-10-21-17-8-4-3-7-16(17)19/h3-4,7-10,12,15H,5-6,11,13H2,1-2H3,(H,22,26). The molecule has 1 amide bonds. The number of rotatable bonds is 3. The lowest BCUT2D eigenvalue weighted by molar-refractivity contribution is 0.0927. The quantitative estimate of drug-likeness (QED) is 0.790. The Morgan fingerprint density at radius 3 is 2.92 bits per heavy atom. The highest BCUT2D eigenvalue weighted by Crippen LogP contribution is 2.27. The van der Waals surface area contributed by atoms with E-state index >= 15 is 0 Å². The molecule has 1 fully saturated rings. The van der Waals surface area contributed by atoms with E-state index in [1.54, 1.807) is 4.68 Å². The fourth-order valence-corrected chi connectivity index (χ4v) is 3.60. The molecule has 0 bridgehead atoms. The molecule has 1 aromatic carbocycles. The van der Waals surface area contributed by atoms with Crippen molar-refractivity contribution in [3.8, 4) is 0 Å².